The smallest absolute Gasteiger partial charge is 0.236 e. The molecule has 2 saturated heterocycles. The van der Waals surface area contributed by atoms with Gasteiger partial charge in [0.2, 0.25) is 11.9 Å². The number of likely N-dealkylation sites (N-methyl/N-ethyl adjacent to an activating group) is 1. The molecule has 0 saturated carbocycles. The Morgan fingerprint density at radius 1 is 1.15 bits per heavy atom. The Balaban J connectivity index is 1.50. The van der Waals surface area contributed by atoms with Crippen molar-refractivity contribution in [2.45, 2.75) is 6.04 Å². The number of hydrogen-bond donors (Lipinski definition) is 3. The minimum Gasteiger partial charge on any atom is -0.508 e. The van der Waals surface area contributed by atoms with Crippen molar-refractivity contribution < 1.29 is 14.3 Å². The summed E-state index contributed by atoms with van der Waals surface area (Å²) in [6.07, 6.45) is 0. The second-order valence-corrected chi connectivity index (χ2v) is 10.4. The highest BCUT2D eigenvalue weighted by molar-refractivity contribution is 6.35. The summed E-state index contributed by atoms with van der Waals surface area (Å²) >= 11 is 6.78. The van der Waals surface area contributed by atoms with Gasteiger partial charge >= 0.3 is 0 Å². The van der Waals surface area contributed by atoms with E-state index in [4.69, 9.17) is 22.3 Å². The normalized spacial score (nSPS) is 16.1. The number of phenols is 1. The summed E-state index contributed by atoms with van der Waals surface area (Å²) in [4.78, 5) is 27.3. The summed E-state index contributed by atoms with van der Waals surface area (Å²) in [5, 5.41) is 16.0. The van der Waals surface area contributed by atoms with Gasteiger partial charge in [-0.15, -0.1) is 0 Å². The zero-order chi connectivity index (χ0) is 27.3. The maximum atomic E-state index is 16.6. The molecule has 1 aromatic heterocycles. The largest absolute Gasteiger partial charge is 0.508 e. The van der Waals surface area contributed by atoms with Gasteiger partial charge in [-0.05, 0) is 34.5 Å². The van der Waals surface area contributed by atoms with Gasteiger partial charge in [0.15, 0.2) is 5.82 Å². The van der Waals surface area contributed by atoms with Gasteiger partial charge in [0.05, 0.1) is 17.6 Å². The Bertz CT molecular complexity index is 1590. The molecule has 0 aliphatic carbocycles. The van der Waals surface area contributed by atoms with E-state index in [0.717, 1.165) is 23.9 Å². The van der Waals surface area contributed by atoms with E-state index in [1.165, 1.54) is 6.07 Å². The molecule has 39 heavy (non-hydrogen) atoms. The second kappa shape index (κ2) is 10.1. The fourth-order valence-electron chi connectivity index (χ4n) is 5.39. The van der Waals surface area contributed by atoms with Crippen molar-refractivity contribution >= 4 is 50.9 Å². The number of phenolic OH excluding ortho intramolecular Hbond substituents is 1. The van der Waals surface area contributed by atoms with Crippen molar-refractivity contribution in [2.75, 3.05) is 62.7 Å². The predicted molar refractivity (Wildman–Crippen MR) is 152 cm³/mol. The van der Waals surface area contributed by atoms with E-state index in [2.05, 4.69) is 15.2 Å². The number of nitrogens with zero attached hydrogens (tertiary/aromatic N) is 5. The van der Waals surface area contributed by atoms with Gasteiger partial charge in [-0.25, -0.2) is 9.37 Å². The van der Waals surface area contributed by atoms with Crippen molar-refractivity contribution in [3.8, 4) is 16.9 Å². The van der Waals surface area contributed by atoms with Crippen molar-refractivity contribution in [3.05, 3.63) is 53.3 Å². The summed E-state index contributed by atoms with van der Waals surface area (Å²) < 4.78 is 16.6. The highest BCUT2D eigenvalue weighted by Crippen LogP contribution is 2.42. The van der Waals surface area contributed by atoms with Gasteiger partial charge < -0.3 is 30.9 Å². The molecule has 6 rings (SSSR count). The van der Waals surface area contributed by atoms with Gasteiger partial charge in [-0.2, -0.15) is 4.98 Å². The molecule has 3 aromatic carbocycles. The number of anilines is 2. The number of rotatable bonds is 5. The van der Waals surface area contributed by atoms with Crippen LogP contribution in [0.25, 0.3) is 32.8 Å². The molecule has 2 aliphatic rings. The van der Waals surface area contributed by atoms with E-state index in [1.807, 2.05) is 29.2 Å². The Morgan fingerprint density at radius 2 is 1.90 bits per heavy atom. The molecule has 4 N–H and O–H groups in total. The highest BCUT2D eigenvalue weighted by Gasteiger charge is 2.35. The van der Waals surface area contributed by atoms with Crippen LogP contribution in [-0.2, 0) is 4.79 Å². The molecule has 0 bridgehead atoms. The summed E-state index contributed by atoms with van der Waals surface area (Å²) in [6.45, 7) is 3.97. The standard InChI is InChI=1S/C28H29ClFN7O2/c1-35(23(39)13-31)17-14-37(15-17)28-33-26-21(27(34-28)36-8-6-32-7-9-36)12-22(29)24(25(26)30)20-11-18(38)10-16-4-2-3-5-19(16)20/h2-5,10-12,17,32,38H,6-9,13-15,31H2,1H3. The van der Waals surface area contributed by atoms with Gasteiger partial charge in [-0.3, -0.25) is 4.79 Å². The van der Waals surface area contributed by atoms with E-state index in [1.54, 1.807) is 24.1 Å². The number of hydrogen-bond acceptors (Lipinski definition) is 8. The second-order valence-electron chi connectivity index (χ2n) is 10.0. The first kappa shape index (κ1) is 25.5. The van der Waals surface area contributed by atoms with Gasteiger partial charge in [0.1, 0.15) is 17.1 Å². The summed E-state index contributed by atoms with van der Waals surface area (Å²) in [5.41, 5.74) is 6.36. The molecule has 2 fully saturated rings. The third-order valence-corrected chi connectivity index (χ3v) is 7.94. The molecule has 9 nitrogen and oxygen atoms in total. The zero-order valence-electron chi connectivity index (χ0n) is 21.5. The summed E-state index contributed by atoms with van der Waals surface area (Å²) in [5.74, 6) is 0.338. The van der Waals surface area contributed by atoms with Gasteiger partial charge in [0, 0.05) is 57.3 Å². The van der Waals surface area contributed by atoms with Crippen LogP contribution in [0.3, 0.4) is 0 Å². The van der Waals surface area contributed by atoms with Crippen LogP contribution in [0.1, 0.15) is 0 Å². The van der Waals surface area contributed by atoms with Crippen LogP contribution in [-0.4, -0.2) is 84.8 Å². The van der Waals surface area contributed by atoms with Crippen molar-refractivity contribution in [2.24, 2.45) is 5.73 Å². The first-order valence-electron chi connectivity index (χ1n) is 12.9. The fraction of sp³-hybridized carbons (Fsp3) is 0.321. The number of benzene rings is 3. The Morgan fingerprint density at radius 3 is 2.64 bits per heavy atom. The molecule has 1 amide bonds. The van der Waals surface area contributed by atoms with Crippen molar-refractivity contribution in [1.29, 1.82) is 0 Å². The van der Waals surface area contributed by atoms with Crippen molar-refractivity contribution in [1.82, 2.24) is 20.2 Å². The van der Waals surface area contributed by atoms with Crippen LogP contribution in [0.15, 0.2) is 42.5 Å². The minimum atomic E-state index is -0.569. The highest BCUT2D eigenvalue weighted by atomic mass is 35.5. The molecule has 11 heteroatoms. The van der Waals surface area contributed by atoms with E-state index >= 15 is 4.39 Å². The van der Waals surface area contributed by atoms with Crippen LogP contribution in [0.4, 0.5) is 16.2 Å². The number of aromatic hydroxyl groups is 1. The number of halogens is 2. The lowest BCUT2D eigenvalue weighted by molar-refractivity contribution is -0.130. The van der Waals surface area contributed by atoms with E-state index in [9.17, 15) is 9.90 Å². The Hall–Kier alpha value is -3.73. The zero-order valence-corrected chi connectivity index (χ0v) is 22.2. The van der Waals surface area contributed by atoms with Gasteiger partial charge in [0.25, 0.3) is 0 Å². The lowest BCUT2D eigenvalue weighted by Crippen LogP contribution is -2.61. The molecule has 0 radical (unpaired) electrons. The third kappa shape index (κ3) is 4.48. The van der Waals surface area contributed by atoms with Crippen molar-refractivity contribution in [3.63, 3.8) is 0 Å². The van der Waals surface area contributed by atoms with Crippen LogP contribution in [0.2, 0.25) is 5.02 Å². The van der Waals surface area contributed by atoms with Crippen LogP contribution in [0, 0.1) is 5.82 Å². The lowest BCUT2D eigenvalue weighted by Gasteiger charge is -2.44. The average molecular weight is 550 g/mol. The van der Waals surface area contributed by atoms with E-state index in [-0.39, 0.29) is 40.3 Å². The minimum absolute atomic E-state index is 0.0203. The molecular weight excluding hydrogens is 521 g/mol. The van der Waals surface area contributed by atoms with Crippen LogP contribution < -0.4 is 20.9 Å². The number of carbonyl (C=O) groups is 1. The topological polar surface area (TPSA) is 111 Å². The molecule has 0 spiro atoms. The molecule has 202 valence electrons. The third-order valence-electron chi connectivity index (χ3n) is 7.64. The number of aromatic nitrogens is 2. The SMILES string of the molecule is CN(C(=O)CN)C1CN(c2nc(N3CCNCC3)c3cc(Cl)c(-c4cc(O)cc5ccccc45)c(F)c3n2)C1. The number of carbonyl (C=O) groups excluding carboxylic acids is 1. The molecule has 3 heterocycles. The lowest BCUT2D eigenvalue weighted by atomic mass is 9.96. The van der Waals surface area contributed by atoms with Gasteiger partial charge in [-0.1, -0.05) is 35.9 Å². The molecule has 0 unspecified atom stereocenters. The number of fused-ring (bicyclic) bond motifs is 2. The average Bonchev–Trinajstić information content (AvgIpc) is 2.92. The van der Waals surface area contributed by atoms with Crippen LogP contribution in [0.5, 0.6) is 5.75 Å². The maximum Gasteiger partial charge on any atom is 0.236 e. The molecular formula is C28H29ClFN7O2. The summed E-state index contributed by atoms with van der Waals surface area (Å²) in [7, 11) is 1.73. The monoisotopic (exact) mass is 549 g/mol. The Kier molecular flexibility index (Phi) is 6.62. The number of amides is 1. The first-order chi connectivity index (χ1) is 18.9. The predicted octanol–water partition coefficient (Wildman–Crippen LogP) is 2.96. The molecule has 2 aliphatic heterocycles. The fourth-order valence-corrected chi connectivity index (χ4v) is 5.68. The number of nitrogens with two attached hydrogens (primary N) is 1. The maximum absolute atomic E-state index is 16.6. The Labute approximate surface area is 230 Å². The molecule has 0 atom stereocenters. The van der Waals surface area contributed by atoms with Crippen LogP contribution >= 0.6 is 11.6 Å². The molecule has 4 aromatic rings. The quantitative estimate of drug-likeness (QED) is 0.348. The van der Waals surface area contributed by atoms with E-state index in [0.29, 0.717) is 48.9 Å². The number of nitrogens with one attached hydrogen (secondary N) is 1. The summed E-state index contributed by atoms with van der Waals surface area (Å²) in [6, 6.07) is 12.3. The number of piperazine rings is 1. The van der Waals surface area contributed by atoms with E-state index < -0.39 is 5.82 Å². The first-order valence-corrected chi connectivity index (χ1v) is 13.3.